The largest absolute Gasteiger partial charge is 0.365 e. The molecule has 3 aromatic rings. The van der Waals surface area contributed by atoms with E-state index in [1.54, 1.807) is 24.3 Å². The second kappa shape index (κ2) is 9.25. The number of carbonyl (C=O) groups excluding carboxylic acids is 2. The van der Waals surface area contributed by atoms with Gasteiger partial charge in [0.1, 0.15) is 5.82 Å². The number of fused-ring (bicyclic) bond motifs is 1. The normalized spacial score (nSPS) is 18.0. The van der Waals surface area contributed by atoms with Gasteiger partial charge in [-0.15, -0.1) is 0 Å². The Kier molecular flexibility index (Phi) is 6.22. The van der Waals surface area contributed by atoms with Crippen molar-refractivity contribution < 1.29 is 14.0 Å². The molecule has 0 unspecified atom stereocenters. The number of carbonyl (C=O) groups is 2. The number of nitrogens with zero attached hydrogens (tertiary/aromatic N) is 2. The highest BCUT2D eigenvalue weighted by Gasteiger charge is 2.24. The number of urea groups is 1. The van der Waals surface area contributed by atoms with Gasteiger partial charge in [0.15, 0.2) is 11.6 Å². The van der Waals surface area contributed by atoms with Crippen LogP contribution in [0.5, 0.6) is 0 Å². The summed E-state index contributed by atoms with van der Waals surface area (Å²) < 4.78 is 14.7. The SMILES string of the molecule is NC(=O)Nc1cccc2cc(Nc3nc(N[C@@H]4CCCC[C@@H]4N)c(F)cc3C(N)=O)cnc12. The standard InChI is InChI=1S/C22H25FN8O2/c23-14-9-13(19(25)32)20(31-21(14)29-16-6-2-1-5-15(16)24)28-12-8-11-4-3-7-17(30-22(26)33)18(11)27-10-12/h3-4,7-10,15-16H,1-2,5-6,24H2,(H2,25,32)(H3,26,30,33)(H2,28,29,31)/t15-,16+/m0/s1. The van der Waals surface area contributed by atoms with Gasteiger partial charge in [-0.05, 0) is 31.0 Å². The number of para-hydroxylation sites is 1. The summed E-state index contributed by atoms with van der Waals surface area (Å²) in [6, 6.07) is 7.07. The number of pyridine rings is 2. The minimum absolute atomic E-state index is 0.00783. The second-order valence-corrected chi connectivity index (χ2v) is 7.99. The molecule has 4 rings (SSSR count). The molecule has 10 nitrogen and oxygen atoms in total. The molecule has 0 spiro atoms. The number of benzene rings is 1. The number of halogens is 1. The van der Waals surface area contributed by atoms with Gasteiger partial charge in [0.25, 0.3) is 5.91 Å². The van der Waals surface area contributed by atoms with Crippen molar-refractivity contribution in [1.29, 1.82) is 0 Å². The summed E-state index contributed by atoms with van der Waals surface area (Å²) in [6.07, 6.45) is 5.17. The molecular weight excluding hydrogens is 427 g/mol. The van der Waals surface area contributed by atoms with Crippen molar-refractivity contribution in [2.45, 2.75) is 37.8 Å². The molecule has 172 valence electrons. The summed E-state index contributed by atoms with van der Waals surface area (Å²) in [7, 11) is 0. The minimum Gasteiger partial charge on any atom is -0.365 e. The van der Waals surface area contributed by atoms with Gasteiger partial charge in [0.2, 0.25) is 0 Å². The van der Waals surface area contributed by atoms with E-state index in [2.05, 4.69) is 25.9 Å². The topological polar surface area (TPSA) is 174 Å². The number of amides is 3. The average molecular weight is 452 g/mol. The monoisotopic (exact) mass is 452 g/mol. The van der Waals surface area contributed by atoms with Crippen molar-refractivity contribution in [2.24, 2.45) is 17.2 Å². The third-order valence-corrected chi connectivity index (χ3v) is 5.61. The molecular formula is C22H25FN8O2. The number of primary amides is 2. The van der Waals surface area contributed by atoms with Crippen molar-refractivity contribution >= 4 is 45.9 Å². The molecule has 0 bridgehead atoms. The predicted molar refractivity (Wildman–Crippen MR) is 125 cm³/mol. The Morgan fingerprint density at radius 3 is 2.61 bits per heavy atom. The van der Waals surface area contributed by atoms with Gasteiger partial charge in [-0.1, -0.05) is 25.0 Å². The van der Waals surface area contributed by atoms with Gasteiger partial charge in [0.05, 0.1) is 28.7 Å². The number of hydrogen-bond acceptors (Lipinski definition) is 7. The zero-order valence-corrected chi connectivity index (χ0v) is 17.8. The summed E-state index contributed by atoms with van der Waals surface area (Å²) in [5.74, 6) is -1.44. The number of anilines is 4. The maximum atomic E-state index is 14.7. The molecule has 33 heavy (non-hydrogen) atoms. The lowest BCUT2D eigenvalue weighted by Crippen LogP contribution is -2.43. The van der Waals surface area contributed by atoms with Crippen LogP contribution < -0.4 is 33.2 Å². The molecule has 1 aromatic carbocycles. The molecule has 1 saturated carbocycles. The summed E-state index contributed by atoms with van der Waals surface area (Å²) in [6.45, 7) is 0. The number of nitrogens with one attached hydrogen (secondary N) is 3. The number of aromatic nitrogens is 2. The second-order valence-electron chi connectivity index (χ2n) is 7.99. The van der Waals surface area contributed by atoms with Gasteiger partial charge in [-0.3, -0.25) is 9.78 Å². The lowest BCUT2D eigenvalue weighted by atomic mass is 9.91. The molecule has 0 aliphatic heterocycles. The van der Waals surface area contributed by atoms with E-state index in [1.165, 1.54) is 6.20 Å². The summed E-state index contributed by atoms with van der Waals surface area (Å²) in [5.41, 5.74) is 18.2. The first kappa shape index (κ1) is 22.2. The van der Waals surface area contributed by atoms with Gasteiger partial charge in [-0.25, -0.2) is 14.2 Å². The van der Waals surface area contributed by atoms with E-state index in [4.69, 9.17) is 17.2 Å². The van der Waals surface area contributed by atoms with Crippen LogP contribution >= 0.6 is 0 Å². The van der Waals surface area contributed by atoms with E-state index in [0.29, 0.717) is 22.3 Å². The van der Waals surface area contributed by atoms with Crippen LogP contribution in [0.15, 0.2) is 36.5 Å². The third-order valence-electron chi connectivity index (χ3n) is 5.61. The maximum absolute atomic E-state index is 14.7. The van der Waals surface area contributed by atoms with Crippen molar-refractivity contribution in [3.05, 3.63) is 47.9 Å². The molecule has 3 amide bonds. The minimum atomic E-state index is -0.827. The van der Waals surface area contributed by atoms with Gasteiger partial charge in [-0.2, -0.15) is 0 Å². The van der Waals surface area contributed by atoms with Crippen LogP contribution in [0.1, 0.15) is 36.0 Å². The molecule has 9 N–H and O–H groups in total. The van der Waals surface area contributed by atoms with Gasteiger partial charge < -0.3 is 33.2 Å². The van der Waals surface area contributed by atoms with Crippen LogP contribution in [0, 0.1) is 5.82 Å². The van der Waals surface area contributed by atoms with Crippen LogP contribution in [-0.2, 0) is 0 Å². The number of rotatable bonds is 6. The molecule has 2 heterocycles. The van der Waals surface area contributed by atoms with Crippen LogP contribution in [0.3, 0.4) is 0 Å². The summed E-state index contributed by atoms with van der Waals surface area (Å²) in [4.78, 5) is 31.8. The van der Waals surface area contributed by atoms with E-state index in [-0.39, 0.29) is 29.3 Å². The Labute approximate surface area is 189 Å². The van der Waals surface area contributed by atoms with Crippen molar-refractivity contribution in [3.63, 3.8) is 0 Å². The highest BCUT2D eigenvalue weighted by molar-refractivity contribution is 6.01. The Balaban J connectivity index is 1.66. The molecule has 11 heteroatoms. The van der Waals surface area contributed by atoms with Crippen LogP contribution in [0.2, 0.25) is 0 Å². The van der Waals surface area contributed by atoms with Crippen LogP contribution in [0.25, 0.3) is 10.9 Å². The fourth-order valence-corrected chi connectivity index (χ4v) is 3.99. The first-order chi connectivity index (χ1) is 15.8. The van der Waals surface area contributed by atoms with Crippen LogP contribution in [-0.4, -0.2) is 34.0 Å². The highest BCUT2D eigenvalue weighted by Crippen LogP contribution is 2.29. The van der Waals surface area contributed by atoms with Gasteiger partial charge >= 0.3 is 6.03 Å². The van der Waals surface area contributed by atoms with Crippen molar-refractivity contribution in [2.75, 3.05) is 16.0 Å². The smallest absolute Gasteiger partial charge is 0.316 e. The lowest BCUT2D eigenvalue weighted by Gasteiger charge is -2.30. The lowest BCUT2D eigenvalue weighted by molar-refractivity contribution is 0.100. The van der Waals surface area contributed by atoms with E-state index in [1.807, 2.05) is 0 Å². The average Bonchev–Trinajstić information content (AvgIpc) is 2.77. The Morgan fingerprint density at radius 2 is 1.88 bits per heavy atom. The molecule has 2 atom stereocenters. The Bertz CT molecular complexity index is 1220. The quantitative estimate of drug-likeness (QED) is 0.333. The van der Waals surface area contributed by atoms with E-state index in [0.717, 1.165) is 31.7 Å². The zero-order chi connectivity index (χ0) is 23.5. The Morgan fingerprint density at radius 1 is 1.09 bits per heavy atom. The number of hydrogen-bond donors (Lipinski definition) is 6. The molecule has 2 aromatic heterocycles. The highest BCUT2D eigenvalue weighted by atomic mass is 19.1. The fraction of sp³-hybridized carbons (Fsp3) is 0.273. The first-order valence-electron chi connectivity index (χ1n) is 10.6. The molecule has 1 aliphatic rings. The van der Waals surface area contributed by atoms with Crippen LogP contribution in [0.4, 0.5) is 32.2 Å². The molecule has 0 saturated heterocycles. The van der Waals surface area contributed by atoms with Gasteiger partial charge in [0, 0.05) is 17.5 Å². The Hall–Kier alpha value is -3.99. The van der Waals surface area contributed by atoms with E-state index in [9.17, 15) is 14.0 Å². The molecule has 1 aliphatic carbocycles. The third kappa shape index (κ3) is 4.93. The first-order valence-corrected chi connectivity index (χ1v) is 10.6. The van der Waals surface area contributed by atoms with E-state index < -0.39 is 17.8 Å². The maximum Gasteiger partial charge on any atom is 0.316 e. The fourth-order valence-electron chi connectivity index (χ4n) is 3.99. The zero-order valence-electron chi connectivity index (χ0n) is 17.8. The predicted octanol–water partition coefficient (Wildman–Crippen LogP) is 2.78. The van der Waals surface area contributed by atoms with Crippen molar-refractivity contribution in [1.82, 2.24) is 9.97 Å². The summed E-state index contributed by atoms with van der Waals surface area (Å²) in [5, 5.41) is 9.29. The number of nitrogens with two attached hydrogens (primary N) is 3. The summed E-state index contributed by atoms with van der Waals surface area (Å²) >= 11 is 0. The van der Waals surface area contributed by atoms with E-state index >= 15 is 0 Å². The molecule has 1 fully saturated rings. The van der Waals surface area contributed by atoms with Crippen molar-refractivity contribution in [3.8, 4) is 0 Å². The molecule has 0 radical (unpaired) electrons.